The fourth-order valence-electron chi connectivity index (χ4n) is 0.459. The normalized spacial score (nSPS) is 10.1. The average Bonchev–Trinajstić information content (AvgIpc) is 1.63. The SMILES string of the molecule is CN(S)CCCC(=O)O. The first-order valence-corrected chi connectivity index (χ1v) is 3.14. The van der Waals surface area contributed by atoms with E-state index in [0.717, 1.165) is 6.54 Å². The van der Waals surface area contributed by atoms with Crippen molar-refractivity contribution in [3.8, 4) is 0 Å². The Hall–Kier alpha value is -0.220. The molecule has 0 aromatic carbocycles. The van der Waals surface area contributed by atoms with Crippen molar-refractivity contribution >= 4 is 18.8 Å². The van der Waals surface area contributed by atoms with Gasteiger partial charge in [-0.1, -0.05) is 12.8 Å². The summed E-state index contributed by atoms with van der Waals surface area (Å²) in [5, 5.41) is 8.18. The summed E-state index contributed by atoms with van der Waals surface area (Å²) in [5.74, 6) is -0.745. The molecule has 0 rings (SSSR count). The third kappa shape index (κ3) is 7.78. The lowest BCUT2D eigenvalue weighted by Crippen LogP contribution is -2.08. The highest BCUT2D eigenvalue weighted by Gasteiger charge is 1.96. The third-order valence-electron chi connectivity index (χ3n) is 0.872. The number of carboxylic acid groups (broad SMARTS) is 1. The minimum atomic E-state index is -0.745. The maximum Gasteiger partial charge on any atom is 0.303 e. The van der Waals surface area contributed by atoms with Crippen molar-refractivity contribution < 1.29 is 9.90 Å². The monoisotopic (exact) mass is 149 g/mol. The van der Waals surface area contributed by atoms with Crippen LogP contribution >= 0.6 is 12.8 Å². The van der Waals surface area contributed by atoms with Gasteiger partial charge in [0, 0.05) is 13.0 Å². The number of carbonyl (C=O) groups is 1. The van der Waals surface area contributed by atoms with Gasteiger partial charge >= 0.3 is 5.97 Å². The van der Waals surface area contributed by atoms with Crippen LogP contribution in [-0.4, -0.2) is 29.0 Å². The van der Waals surface area contributed by atoms with Crippen LogP contribution in [0, 0.1) is 0 Å². The average molecular weight is 149 g/mol. The van der Waals surface area contributed by atoms with Gasteiger partial charge in [-0.3, -0.25) is 9.10 Å². The van der Waals surface area contributed by atoms with Crippen LogP contribution < -0.4 is 0 Å². The summed E-state index contributed by atoms with van der Waals surface area (Å²) in [6.07, 6.45) is 0.889. The molecule has 0 saturated carbocycles. The fraction of sp³-hybridized carbons (Fsp3) is 0.800. The molecule has 0 aliphatic heterocycles. The lowest BCUT2D eigenvalue weighted by atomic mass is 10.3. The van der Waals surface area contributed by atoms with E-state index in [9.17, 15) is 4.79 Å². The highest BCUT2D eigenvalue weighted by Crippen LogP contribution is 1.93. The quantitative estimate of drug-likeness (QED) is 0.576. The molecule has 0 spiro atoms. The predicted octanol–water partition coefficient (Wildman–Crippen LogP) is 0.628. The van der Waals surface area contributed by atoms with Gasteiger partial charge in [-0.15, -0.1) is 0 Å². The Balaban J connectivity index is 3.01. The second-order valence-corrected chi connectivity index (χ2v) is 2.56. The van der Waals surface area contributed by atoms with E-state index >= 15 is 0 Å². The molecule has 0 saturated heterocycles. The summed E-state index contributed by atoms with van der Waals surface area (Å²) < 4.78 is 1.67. The van der Waals surface area contributed by atoms with Crippen LogP contribution in [0.1, 0.15) is 12.8 Å². The largest absolute Gasteiger partial charge is 0.481 e. The van der Waals surface area contributed by atoms with E-state index in [1.807, 2.05) is 0 Å². The minimum absolute atomic E-state index is 0.227. The molecule has 0 aliphatic rings. The molecule has 1 N–H and O–H groups in total. The first-order chi connectivity index (χ1) is 4.13. The highest BCUT2D eigenvalue weighted by atomic mass is 32.1. The van der Waals surface area contributed by atoms with Crippen molar-refractivity contribution in [3.63, 3.8) is 0 Å². The molecule has 3 nitrogen and oxygen atoms in total. The molecule has 4 heteroatoms. The van der Waals surface area contributed by atoms with Gasteiger partial charge in [-0.05, 0) is 13.5 Å². The number of aliphatic carboxylic acids is 1. The molecule has 0 unspecified atom stereocenters. The zero-order chi connectivity index (χ0) is 7.28. The molecule has 0 bridgehead atoms. The molecule has 0 aliphatic carbocycles. The van der Waals surface area contributed by atoms with Crippen LogP contribution in [0.2, 0.25) is 0 Å². The lowest BCUT2D eigenvalue weighted by Gasteiger charge is -2.04. The number of hydrogen-bond acceptors (Lipinski definition) is 3. The van der Waals surface area contributed by atoms with E-state index in [0.29, 0.717) is 6.42 Å². The van der Waals surface area contributed by atoms with Gasteiger partial charge in [-0.25, -0.2) is 0 Å². The van der Waals surface area contributed by atoms with Crippen molar-refractivity contribution in [1.82, 2.24) is 4.31 Å². The van der Waals surface area contributed by atoms with Gasteiger partial charge in [0.2, 0.25) is 0 Å². The zero-order valence-electron chi connectivity index (χ0n) is 5.37. The number of carboxylic acids is 1. The van der Waals surface area contributed by atoms with Crippen LogP contribution in [0.25, 0.3) is 0 Å². The van der Waals surface area contributed by atoms with Crippen LogP contribution in [0.15, 0.2) is 0 Å². The zero-order valence-corrected chi connectivity index (χ0v) is 6.27. The number of thiol groups is 1. The smallest absolute Gasteiger partial charge is 0.303 e. The van der Waals surface area contributed by atoms with E-state index in [4.69, 9.17) is 5.11 Å². The summed E-state index contributed by atoms with van der Waals surface area (Å²) in [4.78, 5) is 9.94. The van der Waals surface area contributed by atoms with E-state index in [1.165, 1.54) is 0 Å². The van der Waals surface area contributed by atoms with Crippen LogP contribution in [0.3, 0.4) is 0 Å². The van der Waals surface area contributed by atoms with E-state index in [2.05, 4.69) is 12.8 Å². The molecule has 0 atom stereocenters. The topological polar surface area (TPSA) is 40.5 Å². The second-order valence-electron chi connectivity index (χ2n) is 1.88. The number of nitrogens with zero attached hydrogens (tertiary/aromatic N) is 1. The molecule has 54 valence electrons. The number of hydrogen-bond donors (Lipinski definition) is 2. The highest BCUT2D eigenvalue weighted by molar-refractivity contribution is 7.77. The van der Waals surface area contributed by atoms with Gasteiger partial charge in [0.15, 0.2) is 0 Å². The summed E-state index contributed by atoms with van der Waals surface area (Å²) in [6.45, 7) is 0.718. The lowest BCUT2D eigenvalue weighted by molar-refractivity contribution is -0.137. The number of rotatable bonds is 4. The maximum absolute atomic E-state index is 9.94. The van der Waals surface area contributed by atoms with Gasteiger partial charge in [-0.2, -0.15) is 0 Å². The second kappa shape index (κ2) is 4.64. The Morgan fingerprint density at radius 3 is 2.67 bits per heavy atom. The predicted molar refractivity (Wildman–Crippen MR) is 38.5 cm³/mol. The Morgan fingerprint density at radius 2 is 2.33 bits per heavy atom. The Bertz CT molecular complexity index is 95.0. The molecule has 0 amide bonds. The minimum Gasteiger partial charge on any atom is -0.481 e. The Morgan fingerprint density at radius 1 is 1.78 bits per heavy atom. The van der Waals surface area contributed by atoms with E-state index in [1.54, 1.807) is 11.4 Å². The van der Waals surface area contributed by atoms with Crippen LogP contribution in [0.4, 0.5) is 0 Å². The Labute approximate surface area is 60.2 Å². The molecule has 0 radical (unpaired) electrons. The van der Waals surface area contributed by atoms with Gasteiger partial charge in [0.1, 0.15) is 0 Å². The third-order valence-corrected chi connectivity index (χ3v) is 1.07. The van der Waals surface area contributed by atoms with Crippen molar-refractivity contribution in [2.45, 2.75) is 12.8 Å². The fourth-order valence-corrected chi connectivity index (χ4v) is 0.601. The summed E-state index contributed by atoms with van der Waals surface area (Å²) >= 11 is 3.94. The summed E-state index contributed by atoms with van der Waals surface area (Å²) in [6, 6.07) is 0. The summed E-state index contributed by atoms with van der Waals surface area (Å²) in [5.41, 5.74) is 0. The molecule has 0 fully saturated rings. The molecular weight excluding hydrogens is 138 g/mol. The molecule has 0 aromatic rings. The van der Waals surface area contributed by atoms with E-state index < -0.39 is 5.97 Å². The van der Waals surface area contributed by atoms with Crippen LogP contribution in [0.5, 0.6) is 0 Å². The molecule has 0 aromatic heterocycles. The molecule has 9 heavy (non-hydrogen) atoms. The van der Waals surface area contributed by atoms with Crippen molar-refractivity contribution in [1.29, 1.82) is 0 Å². The standard InChI is InChI=1S/C5H11NO2S/c1-6(9)4-2-3-5(7)8/h9H,2-4H2,1H3,(H,7,8). The van der Waals surface area contributed by atoms with Crippen molar-refractivity contribution in [3.05, 3.63) is 0 Å². The van der Waals surface area contributed by atoms with Gasteiger partial charge in [0.25, 0.3) is 0 Å². The van der Waals surface area contributed by atoms with Gasteiger partial charge < -0.3 is 5.11 Å². The van der Waals surface area contributed by atoms with Crippen LogP contribution in [-0.2, 0) is 4.79 Å². The van der Waals surface area contributed by atoms with E-state index in [-0.39, 0.29) is 6.42 Å². The van der Waals surface area contributed by atoms with Crippen molar-refractivity contribution in [2.24, 2.45) is 0 Å². The van der Waals surface area contributed by atoms with Crippen molar-refractivity contribution in [2.75, 3.05) is 13.6 Å². The maximum atomic E-state index is 9.94. The molecular formula is C5H11NO2S. The Kier molecular flexibility index (Phi) is 4.53. The summed E-state index contributed by atoms with van der Waals surface area (Å²) in [7, 11) is 1.80. The first kappa shape index (κ1) is 8.78. The molecule has 0 heterocycles. The van der Waals surface area contributed by atoms with Gasteiger partial charge in [0.05, 0.1) is 0 Å². The first-order valence-electron chi connectivity index (χ1n) is 2.74.